The highest BCUT2D eigenvalue weighted by Crippen LogP contribution is 2.31. The lowest BCUT2D eigenvalue weighted by molar-refractivity contribution is -0.117. The van der Waals surface area contributed by atoms with Gasteiger partial charge in [0.15, 0.2) is 0 Å². The standard InChI is InChI=1S/C19H17N3O3/c23-18(14-6-7-14)21-17-15-9-11-22(16(15)8-10-20-17)19(24)25-12-13-4-2-1-3-5-13/h1-5,8-11,14H,6-7,12H2,(H,20,21,23). The van der Waals surface area contributed by atoms with Crippen LogP contribution in [-0.2, 0) is 16.1 Å². The van der Waals surface area contributed by atoms with Gasteiger partial charge in [-0.15, -0.1) is 0 Å². The Morgan fingerprint density at radius 1 is 1.16 bits per heavy atom. The van der Waals surface area contributed by atoms with Crippen LogP contribution in [0.3, 0.4) is 0 Å². The summed E-state index contributed by atoms with van der Waals surface area (Å²) in [5, 5.41) is 3.56. The van der Waals surface area contributed by atoms with Crippen molar-refractivity contribution in [3.05, 3.63) is 60.4 Å². The maximum absolute atomic E-state index is 12.4. The number of pyridine rings is 1. The molecule has 2 heterocycles. The fourth-order valence-corrected chi connectivity index (χ4v) is 2.68. The van der Waals surface area contributed by atoms with Gasteiger partial charge in [-0.1, -0.05) is 30.3 Å². The number of hydrogen-bond acceptors (Lipinski definition) is 4. The van der Waals surface area contributed by atoms with Crippen molar-refractivity contribution in [3.8, 4) is 0 Å². The quantitative estimate of drug-likeness (QED) is 0.791. The molecule has 1 N–H and O–H groups in total. The van der Waals surface area contributed by atoms with Gasteiger partial charge in [0.25, 0.3) is 0 Å². The zero-order chi connectivity index (χ0) is 17.2. The summed E-state index contributed by atoms with van der Waals surface area (Å²) >= 11 is 0. The Morgan fingerprint density at radius 3 is 2.72 bits per heavy atom. The first-order valence-electron chi connectivity index (χ1n) is 8.20. The molecule has 2 aromatic heterocycles. The number of carbonyl (C=O) groups is 2. The molecule has 6 nitrogen and oxygen atoms in total. The first-order valence-corrected chi connectivity index (χ1v) is 8.20. The SMILES string of the molecule is O=C(Nc1nccc2c1ccn2C(=O)OCc1ccccc1)C1CC1. The van der Waals surface area contributed by atoms with Crippen LogP contribution in [0.2, 0.25) is 0 Å². The molecule has 1 aliphatic rings. The van der Waals surface area contributed by atoms with E-state index in [1.165, 1.54) is 4.57 Å². The number of anilines is 1. The Bertz CT molecular complexity index is 929. The normalized spacial score (nSPS) is 13.6. The summed E-state index contributed by atoms with van der Waals surface area (Å²) in [7, 11) is 0. The summed E-state index contributed by atoms with van der Waals surface area (Å²) in [5.41, 5.74) is 1.57. The minimum atomic E-state index is -0.468. The first kappa shape index (κ1) is 15.4. The van der Waals surface area contributed by atoms with E-state index in [-0.39, 0.29) is 18.4 Å². The second-order valence-corrected chi connectivity index (χ2v) is 6.08. The van der Waals surface area contributed by atoms with E-state index in [9.17, 15) is 9.59 Å². The minimum absolute atomic E-state index is 0.0144. The minimum Gasteiger partial charge on any atom is -0.444 e. The molecule has 4 rings (SSSR count). The zero-order valence-electron chi connectivity index (χ0n) is 13.5. The van der Waals surface area contributed by atoms with Gasteiger partial charge in [-0.2, -0.15) is 0 Å². The van der Waals surface area contributed by atoms with E-state index in [1.54, 1.807) is 24.5 Å². The molecule has 0 spiro atoms. The van der Waals surface area contributed by atoms with Gasteiger partial charge in [-0.25, -0.2) is 9.78 Å². The number of hydrogen-bond donors (Lipinski definition) is 1. The Labute approximate surface area is 144 Å². The lowest BCUT2D eigenvalue weighted by atomic mass is 10.2. The van der Waals surface area contributed by atoms with E-state index >= 15 is 0 Å². The topological polar surface area (TPSA) is 73.2 Å². The highest BCUT2D eigenvalue weighted by Gasteiger charge is 2.30. The molecule has 1 fully saturated rings. The number of aromatic nitrogens is 2. The van der Waals surface area contributed by atoms with E-state index in [4.69, 9.17) is 4.74 Å². The second kappa shape index (κ2) is 6.39. The number of ether oxygens (including phenoxy) is 1. The molecule has 0 aliphatic heterocycles. The van der Waals surface area contributed by atoms with Crippen LogP contribution >= 0.6 is 0 Å². The summed E-state index contributed by atoms with van der Waals surface area (Å²) in [5.74, 6) is 0.554. The Morgan fingerprint density at radius 2 is 1.96 bits per heavy atom. The largest absolute Gasteiger partial charge is 0.444 e. The van der Waals surface area contributed by atoms with Gasteiger partial charge < -0.3 is 10.1 Å². The fraction of sp³-hybridized carbons (Fsp3) is 0.211. The van der Waals surface area contributed by atoms with Crippen LogP contribution in [0.15, 0.2) is 54.9 Å². The number of amides is 1. The second-order valence-electron chi connectivity index (χ2n) is 6.08. The molecular formula is C19H17N3O3. The van der Waals surface area contributed by atoms with Crippen LogP contribution in [-0.4, -0.2) is 21.6 Å². The molecule has 25 heavy (non-hydrogen) atoms. The summed E-state index contributed by atoms with van der Waals surface area (Å²) in [6.07, 6.45) is 4.59. The van der Waals surface area contributed by atoms with Crippen LogP contribution in [0.4, 0.5) is 10.6 Å². The molecule has 0 unspecified atom stereocenters. The Balaban J connectivity index is 1.53. The highest BCUT2D eigenvalue weighted by atomic mass is 16.5. The van der Waals surface area contributed by atoms with Crippen molar-refractivity contribution >= 4 is 28.7 Å². The van der Waals surface area contributed by atoms with Crippen molar-refractivity contribution in [2.75, 3.05) is 5.32 Å². The van der Waals surface area contributed by atoms with Gasteiger partial charge in [0.1, 0.15) is 12.4 Å². The molecule has 1 saturated carbocycles. The van der Waals surface area contributed by atoms with Crippen molar-refractivity contribution in [1.82, 2.24) is 9.55 Å². The predicted octanol–water partition coefficient (Wildman–Crippen LogP) is 3.57. The lowest BCUT2D eigenvalue weighted by Crippen LogP contribution is -2.15. The van der Waals surface area contributed by atoms with Crippen LogP contribution in [0.5, 0.6) is 0 Å². The molecule has 1 aromatic carbocycles. The van der Waals surface area contributed by atoms with Gasteiger partial charge in [0.2, 0.25) is 5.91 Å². The third-order valence-electron chi connectivity index (χ3n) is 4.21. The molecule has 0 bridgehead atoms. The summed E-state index contributed by atoms with van der Waals surface area (Å²) < 4.78 is 6.79. The smallest absolute Gasteiger partial charge is 0.418 e. The Hall–Kier alpha value is -3.15. The molecule has 1 amide bonds. The average Bonchev–Trinajstić information content (AvgIpc) is 3.40. The summed E-state index contributed by atoms with van der Waals surface area (Å²) in [4.78, 5) is 28.6. The number of carbonyl (C=O) groups excluding carboxylic acids is 2. The lowest BCUT2D eigenvalue weighted by Gasteiger charge is -2.08. The molecule has 0 radical (unpaired) electrons. The van der Waals surface area contributed by atoms with Gasteiger partial charge >= 0.3 is 6.09 Å². The third kappa shape index (κ3) is 3.24. The van der Waals surface area contributed by atoms with Gasteiger partial charge in [0.05, 0.1) is 5.52 Å². The molecule has 126 valence electrons. The van der Waals surface area contributed by atoms with Crippen molar-refractivity contribution < 1.29 is 14.3 Å². The molecule has 0 saturated heterocycles. The molecule has 1 aliphatic carbocycles. The van der Waals surface area contributed by atoms with Gasteiger partial charge in [-0.3, -0.25) is 9.36 Å². The molecule has 6 heteroatoms. The maximum Gasteiger partial charge on any atom is 0.418 e. The van der Waals surface area contributed by atoms with E-state index in [2.05, 4.69) is 10.3 Å². The van der Waals surface area contributed by atoms with Gasteiger partial charge in [0, 0.05) is 23.7 Å². The fourth-order valence-electron chi connectivity index (χ4n) is 2.68. The maximum atomic E-state index is 12.4. The van der Waals surface area contributed by atoms with Crippen molar-refractivity contribution in [2.24, 2.45) is 5.92 Å². The predicted molar refractivity (Wildman–Crippen MR) is 93.1 cm³/mol. The van der Waals surface area contributed by atoms with Crippen LogP contribution in [0.25, 0.3) is 10.9 Å². The van der Waals surface area contributed by atoms with E-state index in [0.717, 1.165) is 18.4 Å². The molecule has 3 aromatic rings. The number of benzene rings is 1. The Kier molecular flexibility index (Phi) is 3.93. The molecule has 0 atom stereocenters. The van der Waals surface area contributed by atoms with Crippen LogP contribution in [0, 0.1) is 5.92 Å². The van der Waals surface area contributed by atoms with Gasteiger partial charge in [-0.05, 0) is 30.5 Å². The van der Waals surface area contributed by atoms with E-state index in [0.29, 0.717) is 16.7 Å². The van der Waals surface area contributed by atoms with Crippen molar-refractivity contribution in [3.63, 3.8) is 0 Å². The van der Waals surface area contributed by atoms with E-state index in [1.807, 2.05) is 30.3 Å². The highest BCUT2D eigenvalue weighted by molar-refractivity contribution is 6.02. The summed E-state index contributed by atoms with van der Waals surface area (Å²) in [6, 6.07) is 13.0. The monoisotopic (exact) mass is 335 g/mol. The van der Waals surface area contributed by atoms with E-state index < -0.39 is 6.09 Å². The first-order chi connectivity index (χ1) is 12.2. The number of nitrogens with zero attached hydrogens (tertiary/aromatic N) is 2. The average molecular weight is 335 g/mol. The van der Waals surface area contributed by atoms with Crippen LogP contribution in [0.1, 0.15) is 18.4 Å². The molecular weight excluding hydrogens is 318 g/mol. The number of nitrogens with one attached hydrogen (secondary N) is 1. The van der Waals surface area contributed by atoms with Crippen LogP contribution < -0.4 is 5.32 Å². The third-order valence-corrected chi connectivity index (χ3v) is 4.21. The number of rotatable bonds is 4. The van der Waals surface area contributed by atoms with Crippen molar-refractivity contribution in [2.45, 2.75) is 19.4 Å². The number of fused-ring (bicyclic) bond motifs is 1. The van der Waals surface area contributed by atoms with Crippen molar-refractivity contribution in [1.29, 1.82) is 0 Å². The summed E-state index contributed by atoms with van der Waals surface area (Å²) in [6.45, 7) is 0.204. The zero-order valence-corrected chi connectivity index (χ0v) is 13.5.